The monoisotopic (exact) mass is 539 g/mol. The molecule has 1 fully saturated rings. The molecule has 1 aromatic carbocycles. The van der Waals surface area contributed by atoms with Gasteiger partial charge in [0, 0.05) is 43.2 Å². The number of amides is 2. The second kappa shape index (κ2) is 10.8. The minimum atomic E-state index is -1.04. The second-order valence-electron chi connectivity index (χ2n) is 9.57. The van der Waals surface area contributed by atoms with E-state index in [1.807, 2.05) is 19.1 Å². The van der Waals surface area contributed by atoms with Crippen molar-refractivity contribution in [2.75, 3.05) is 24.8 Å². The molecule has 2 amide bonds. The third kappa shape index (κ3) is 5.46. The van der Waals surface area contributed by atoms with Crippen LogP contribution in [0.25, 0.3) is 0 Å². The number of aromatic hydroxyl groups is 1. The quantitative estimate of drug-likeness (QED) is 0.473. The largest absolute Gasteiger partial charge is 0.502 e. The van der Waals surface area contributed by atoms with E-state index in [2.05, 4.69) is 10.3 Å². The highest BCUT2D eigenvalue weighted by Gasteiger charge is 2.36. The Morgan fingerprint density at radius 1 is 1.23 bits per heavy atom. The highest BCUT2D eigenvalue weighted by molar-refractivity contribution is 5.99. The number of benzene rings is 1. The first-order valence-corrected chi connectivity index (χ1v) is 12.5. The van der Waals surface area contributed by atoms with Crippen LogP contribution in [0.15, 0.2) is 47.4 Å². The smallest absolute Gasteiger partial charge is 0.277 e. The summed E-state index contributed by atoms with van der Waals surface area (Å²) >= 11 is 0. The average molecular weight is 540 g/mol. The van der Waals surface area contributed by atoms with E-state index in [4.69, 9.17) is 4.74 Å². The maximum Gasteiger partial charge on any atom is 0.277 e. The number of carbonyl (C=O) groups excluding carboxylic acids is 2. The lowest BCUT2D eigenvalue weighted by atomic mass is 10.1. The molecule has 0 unspecified atom stereocenters. The number of aryl methyl sites for hydroxylation is 1. The third-order valence-corrected chi connectivity index (χ3v) is 6.73. The summed E-state index contributed by atoms with van der Waals surface area (Å²) in [5.74, 6) is -3.96. The molecule has 2 N–H and O–H groups in total. The summed E-state index contributed by atoms with van der Waals surface area (Å²) in [6, 6.07) is 8.41. The number of hydrogen-bond donors (Lipinski definition) is 2. The van der Waals surface area contributed by atoms with Crippen LogP contribution in [0, 0.1) is 18.6 Å². The fourth-order valence-electron chi connectivity index (χ4n) is 4.76. The van der Waals surface area contributed by atoms with Crippen molar-refractivity contribution in [2.45, 2.75) is 39.0 Å². The van der Waals surface area contributed by atoms with Crippen LogP contribution in [0.5, 0.6) is 5.75 Å². The van der Waals surface area contributed by atoms with Gasteiger partial charge in [-0.2, -0.15) is 0 Å². The first-order valence-electron chi connectivity index (χ1n) is 12.5. The molecular weight excluding hydrogens is 512 g/mol. The molecule has 5 rings (SSSR count). The van der Waals surface area contributed by atoms with Gasteiger partial charge in [0.25, 0.3) is 11.8 Å². The first-order chi connectivity index (χ1) is 18.7. The topological polar surface area (TPSA) is 117 Å². The zero-order valence-corrected chi connectivity index (χ0v) is 21.2. The molecule has 4 heterocycles. The molecule has 2 aliphatic rings. The summed E-state index contributed by atoms with van der Waals surface area (Å²) in [6.07, 6.45) is 2.69. The molecule has 1 saturated heterocycles. The van der Waals surface area contributed by atoms with Crippen molar-refractivity contribution >= 4 is 11.8 Å². The van der Waals surface area contributed by atoms with Crippen LogP contribution < -0.4 is 15.8 Å². The van der Waals surface area contributed by atoms with Crippen LogP contribution in [-0.2, 0) is 17.8 Å². The van der Waals surface area contributed by atoms with E-state index in [-0.39, 0.29) is 43.7 Å². The molecule has 0 radical (unpaired) electrons. The van der Waals surface area contributed by atoms with Crippen LogP contribution >= 0.6 is 0 Å². The fourth-order valence-corrected chi connectivity index (χ4v) is 4.76. The summed E-state index contributed by atoms with van der Waals surface area (Å²) in [5.41, 5.74) is -0.297. The summed E-state index contributed by atoms with van der Waals surface area (Å²) in [5, 5.41) is 15.0. The SMILES string of the molecule is Cc1cccc(CN2CN(C[C@H]3CCCO3)C(=O)c3c(O)c(=O)c(C(=O)NCc4ccc(F)cc4F)cn32)n1. The van der Waals surface area contributed by atoms with Crippen molar-refractivity contribution < 1.29 is 28.2 Å². The molecule has 1 atom stereocenters. The lowest BCUT2D eigenvalue weighted by Crippen LogP contribution is -2.55. The Bertz CT molecular complexity index is 1490. The van der Waals surface area contributed by atoms with Gasteiger partial charge in [0.15, 0.2) is 11.4 Å². The van der Waals surface area contributed by atoms with Gasteiger partial charge in [-0.05, 0) is 38.0 Å². The van der Waals surface area contributed by atoms with E-state index >= 15 is 0 Å². The number of nitrogens with zero attached hydrogens (tertiary/aromatic N) is 4. The van der Waals surface area contributed by atoms with Gasteiger partial charge >= 0.3 is 0 Å². The van der Waals surface area contributed by atoms with E-state index in [1.165, 1.54) is 21.8 Å². The van der Waals surface area contributed by atoms with Crippen molar-refractivity contribution in [3.05, 3.63) is 92.7 Å². The standard InChI is InChI=1S/C27H27F2N5O5/c1-16-4-2-5-19(31-16)12-33-15-32(13-20-6-3-9-39-20)27(38)23-25(36)24(35)21(14-34(23)33)26(37)30-11-17-7-8-18(28)10-22(17)29/h2,4-5,7-8,10,14,20,36H,3,6,9,11-13,15H2,1H3,(H,30,37)/t20-/m1/s1. The molecule has 0 saturated carbocycles. The van der Waals surface area contributed by atoms with Gasteiger partial charge in [0.2, 0.25) is 5.43 Å². The van der Waals surface area contributed by atoms with Gasteiger partial charge in [-0.1, -0.05) is 12.1 Å². The van der Waals surface area contributed by atoms with Crippen LogP contribution in [0.4, 0.5) is 8.78 Å². The number of nitrogens with one attached hydrogen (secondary N) is 1. The van der Waals surface area contributed by atoms with Gasteiger partial charge < -0.3 is 20.1 Å². The normalized spacial score (nSPS) is 16.9. The lowest BCUT2D eigenvalue weighted by Gasteiger charge is -2.40. The van der Waals surface area contributed by atoms with Crippen molar-refractivity contribution in [1.82, 2.24) is 19.9 Å². The molecule has 204 valence electrons. The first kappa shape index (κ1) is 26.3. The number of carbonyl (C=O) groups is 2. The summed E-state index contributed by atoms with van der Waals surface area (Å²) in [6.45, 7) is 2.69. The van der Waals surface area contributed by atoms with E-state index in [9.17, 15) is 28.3 Å². The van der Waals surface area contributed by atoms with Crippen molar-refractivity contribution in [1.29, 1.82) is 0 Å². The minimum Gasteiger partial charge on any atom is -0.502 e. The van der Waals surface area contributed by atoms with Crippen LogP contribution in [0.1, 0.15) is 50.6 Å². The molecule has 3 aromatic rings. The number of rotatable bonds is 7. The van der Waals surface area contributed by atoms with Crippen LogP contribution in [0.3, 0.4) is 0 Å². The van der Waals surface area contributed by atoms with Crippen molar-refractivity contribution in [3.63, 3.8) is 0 Å². The van der Waals surface area contributed by atoms with E-state index in [1.54, 1.807) is 11.1 Å². The minimum absolute atomic E-state index is 0.0131. The zero-order valence-electron chi connectivity index (χ0n) is 21.2. The molecule has 39 heavy (non-hydrogen) atoms. The highest BCUT2D eigenvalue weighted by Crippen LogP contribution is 2.24. The molecule has 0 spiro atoms. The Morgan fingerprint density at radius 2 is 2.05 bits per heavy atom. The van der Waals surface area contributed by atoms with Gasteiger partial charge in [-0.15, -0.1) is 0 Å². The fraction of sp³-hybridized carbons (Fsp3) is 0.333. The second-order valence-corrected chi connectivity index (χ2v) is 9.57. The van der Waals surface area contributed by atoms with E-state index < -0.39 is 40.2 Å². The van der Waals surface area contributed by atoms with E-state index in [0.29, 0.717) is 18.4 Å². The summed E-state index contributed by atoms with van der Waals surface area (Å²) in [4.78, 5) is 45.4. The Hall–Kier alpha value is -4.32. The number of halogens is 2. The predicted molar refractivity (Wildman–Crippen MR) is 136 cm³/mol. The molecule has 0 aliphatic carbocycles. The molecule has 10 nitrogen and oxygen atoms in total. The Labute approximate surface area is 222 Å². The third-order valence-electron chi connectivity index (χ3n) is 6.73. The summed E-state index contributed by atoms with van der Waals surface area (Å²) < 4.78 is 34.2. The van der Waals surface area contributed by atoms with Gasteiger partial charge in [0.05, 0.1) is 18.3 Å². The predicted octanol–water partition coefficient (Wildman–Crippen LogP) is 2.20. The number of pyridine rings is 2. The Kier molecular flexibility index (Phi) is 7.29. The average Bonchev–Trinajstić information content (AvgIpc) is 3.41. The molecule has 12 heteroatoms. The maximum absolute atomic E-state index is 14.0. The number of aromatic nitrogens is 2. The van der Waals surface area contributed by atoms with Gasteiger partial charge in [-0.25, -0.2) is 8.78 Å². The van der Waals surface area contributed by atoms with Crippen LogP contribution in [0.2, 0.25) is 0 Å². The number of ether oxygens (including phenoxy) is 1. The molecular formula is C27H27F2N5O5. The Morgan fingerprint density at radius 3 is 2.77 bits per heavy atom. The maximum atomic E-state index is 14.0. The van der Waals surface area contributed by atoms with Gasteiger partial charge in [-0.3, -0.25) is 29.1 Å². The zero-order chi connectivity index (χ0) is 27.7. The Balaban J connectivity index is 1.48. The van der Waals surface area contributed by atoms with E-state index in [0.717, 1.165) is 24.6 Å². The molecule has 0 bridgehead atoms. The van der Waals surface area contributed by atoms with Crippen molar-refractivity contribution in [2.24, 2.45) is 0 Å². The molecule has 2 aromatic heterocycles. The number of hydrogen-bond acceptors (Lipinski definition) is 7. The summed E-state index contributed by atoms with van der Waals surface area (Å²) in [7, 11) is 0. The van der Waals surface area contributed by atoms with Crippen molar-refractivity contribution in [3.8, 4) is 5.75 Å². The number of fused-ring (bicyclic) bond motifs is 1. The van der Waals surface area contributed by atoms with Crippen LogP contribution in [-0.4, -0.2) is 57.4 Å². The van der Waals surface area contributed by atoms with Gasteiger partial charge in [0.1, 0.15) is 23.9 Å². The molecule has 2 aliphatic heterocycles. The lowest BCUT2D eigenvalue weighted by molar-refractivity contribution is 0.0455. The highest BCUT2D eigenvalue weighted by atomic mass is 19.1.